The number of para-hydroxylation sites is 1. The predicted molar refractivity (Wildman–Crippen MR) is 96.0 cm³/mol. The average Bonchev–Trinajstić information content (AvgIpc) is 2.64. The van der Waals surface area contributed by atoms with Gasteiger partial charge >= 0.3 is 0 Å². The fraction of sp³-hybridized carbons (Fsp3) is 0.650. The van der Waals surface area contributed by atoms with Crippen molar-refractivity contribution < 1.29 is 9.53 Å². The number of rotatable bonds is 5. The van der Waals surface area contributed by atoms with Crippen LogP contribution in [0.15, 0.2) is 30.3 Å². The molecule has 132 valence electrons. The summed E-state index contributed by atoms with van der Waals surface area (Å²) in [4.78, 5) is 14.6. The van der Waals surface area contributed by atoms with Gasteiger partial charge in [0, 0.05) is 32.4 Å². The Balaban J connectivity index is 1.41. The van der Waals surface area contributed by atoms with Crippen LogP contribution in [0, 0.1) is 11.8 Å². The lowest BCUT2D eigenvalue weighted by Crippen LogP contribution is -2.43. The van der Waals surface area contributed by atoms with E-state index in [0.717, 1.165) is 44.8 Å². The first-order chi connectivity index (χ1) is 11.7. The molecule has 2 aliphatic heterocycles. The highest BCUT2D eigenvalue weighted by atomic mass is 16.5. The Morgan fingerprint density at radius 1 is 1.25 bits per heavy atom. The molecule has 2 fully saturated rings. The minimum atomic E-state index is 0.233. The molecule has 1 aromatic rings. The Morgan fingerprint density at radius 3 is 2.67 bits per heavy atom. The summed E-state index contributed by atoms with van der Waals surface area (Å²) in [5.74, 6) is 2.39. The van der Waals surface area contributed by atoms with Crippen LogP contribution in [-0.4, -0.2) is 43.1 Å². The molecule has 2 unspecified atom stereocenters. The average molecular weight is 330 g/mol. The third-order valence-corrected chi connectivity index (χ3v) is 5.48. The second kappa shape index (κ2) is 8.52. The minimum Gasteiger partial charge on any atom is -0.490 e. The lowest BCUT2D eigenvalue weighted by Gasteiger charge is -2.34. The number of nitrogens with zero attached hydrogens (tertiary/aromatic N) is 1. The molecule has 1 amide bonds. The SMILES string of the molecule is CC(CC(=O)N1CCC(Oc2ccccc2)CC1)C1CCCNC1. The fourth-order valence-corrected chi connectivity index (χ4v) is 3.85. The van der Waals surface area contributed by atoms with E-state index in [9.17, 15) is 4.79 Å². The smallest absolute Gasteiger partial charge is 0.222 e. The molecule has 0 radical (unpaired) electrons. The summed E-state index contributed by atoms with van der Waals surface area (Å²) in [6, 6.07) is 9.98. The maximum Gasteiger partial charge on any atom is 0.222 e. The third-order valence-electron chi connectivity index (χ3n) is 5.48. The maximum atomic E-state index is 12.6. The van der Waals surface area contributed by atoms with Crippen molar-refractivity contribution in [1.29, 1.82) is 0 Å². The first-order valence-corrected chi connectivity index (χ1v) is 9.42. The molecule has 1 aromatic carbocycles. The van der Waals surface area contributed by atoms with Crippen molar-refractivity contribution in [3.05, 3.63) is 30.3 Å². The molecular formula is C20H30N2O2. The van der Waals surface area contributed by atoms with Gasteiger partial charge in [-0.05, 0) is 49.9 Å². The monoisotopic (exact) mass is 330 g/mol. The molecule has 0 aromatic heterocycles. The van der Waals surface area contributed by atoms with E-state index in [1.165, 1.54) is 12.8 Å². The van der Waals surface area contributed by atoms with Crippen LogP contribution >= 0.6 is 0 Å². The number of hydrogen-bond acceptors (Lipinski definition) is 3. The van der Waals surface area contributed by atoms with E-state index in [4.69, 9.17) is 4.74 Å². The van der Waals surface area contributed by atoms with Crippen LogP contribution in [0.1, 0.15) is 39.0 Å². The number of likely N-dealkylation sites (tertiary alicyclic amines) is 1. The highest BCUT2D eigenvalue weighted by molar-refractivity contribution is 5.76. The Hall–Kier alpha value is -1.55. The topological polar surface area (TPSA) is 41.6 Å². The van der Waals surface area contributed by atoms with E-state index in [1.807, 2.05) is 35.2 Å². The van der Waals surface area contributed by atoms with Crippen LogP contribution in [0.2, 0.25) is 0 Å². The van der Waals surface area contributed by atoms with Crippen molar-refractivity contribution in [3.8, 4) is 5.75 Å². The first kappa shape index (κ1) is 17.3. The van der Waals surface area contributed by atoms with Crippen LogP contribution in [-0.2, 0) is 4.79 Å². The van der Waals surface area contributed by atoms with Gasteiger partial charge in [-0.2, -0.15) is 0 Å². The van der Waals surface area contributed by atoms with E-state index in [-0.39, 0.29) is 6.10 Å². The summed E-state index contributed by atoms with van der Waals surface area (Å²) in [6.45, 7) is 6.09. The molecule has 3 rings (SSSR count). The zero-order valence-electron chi connectivity index (χ0n) is 14.7. The molecule has 0 aliphatic carbocycles. The molecule has 2 atom stereocenters. The summed E-state index contributed by atoms with van der Waals surface area (Å²) in [5, 5.41) is 3.46. The van der Waals surface area contributed by atoms with E-state index in [2.05, 4.69) is 12.2 Å². The summed E-state index contributed by atoms with van der Waals surface area (Å²) in [5.41, 5.74) is 0. The van der Waals surface area contributed by atoms with Crippen molar-refractivity contribution in [2.45, 2.75) is 45.1 Å². The standard InChI is InChI=1S/C20H30N2O2/c1-16(17-6-5-11-21-15-17)14-20(23)22-12-9-19(10-13-22)24-18-7-3-2-4-8-18/h2-4,7-8,16-17,19,21H,5-6,9-15H2,1H3. The number of benzene rings is 1. The molecular weight excluding hydrogens is 300 g/mol. The van der Waals surface area contributed by atoms with Gasteiger partial charge in [0.05, 0.1) is 0 Å². The van der Waals surface area contributed by atoms with E-state index < -0.39 is 0 Å². The van der Waals surface area contributed by atoms with Gasteiger partial charge < -0.3 is 15.0 Å². The maximum absolute atomic E-state index is 12.6. The molecule has 2 aliphatic rings. The number of amides is 1. The normalized spacial score (nSPS) is 23.7. The number of carbonyl (C=O) groups excluding carboxylic acids is 1. The predicted octanol–water partition coefficient (Wildman–Crippen LogP) is 3.08. The molecule has 4 heteroatoms. The molecule has 1 N–H and O–H groups in total. The highest BCUT2D eigenvalue weighted by Gasteiger charge is 2.27. The molecule has 0 spiro atoms. The number of carbonyl (C=O) groups is 1. The van der Waals surface area contributed by atoms with Gasteiger partial charge in [0.25, 0.3) is 0 Å². The van der Waals surface area contributed by atoms with Crippen LogP contribution < -0.4 is 10.1 Å². The first-order valence-electron chi connectivity index (χ1n) is 9.42. The summed E-state index contributed by atoms with van der Waals surface area (Å²) in [7, 11) is 0. The van der Waals surface area contributed by atoms with E-state index in [0.29, 0.717) is 24.2 Å². The molecule has 0 bridgehead atoms. The van der Waals surface area contributed by atoms with Crippen LogP contribution in [0.4, 0.5) is 0 Å². The summed E-state index contributed by atoms with van der Waals surface area (Å²) in [6.07, 6.45) is 5.28. The third kappa shape index (κ3) is 4.73. The molecule has 2 heterocycles. The summed E-state index contributed by atoms with van der Waals surface area (Å²) >= 11 is 0. The van der Waals surface area contributed by atoms with Gasteiger partial charge in [-0.15, -0.1) is 0 Å². The van der Waals surface area contributed by atoms with Crippen molar-refractivity contribution >= 4 is 5.91 Å². The van der Waals surface area contributed by atoms with E-state index >= 15 is 0 Å². The van der Waals surface area contributed by atoms with Gasteiger partial charge in [-0.3, -0.25) is 4.79 Å². The molecule has 0 saturated carbocycles. The Bertz CT molecular complexity index is 506. The minimum absolute atomic E-state index is 0.233. The lowest BCUT2D eigenvalue weighted by atomic mass is 9.85. The van der Waals surface area contributed by atoms with Gasteiger partial charge in [0.15, 0.2) is 0 Å². The van der Waals surface area contributed by atoms with Gasteiger partial charge in [0.2, 0.25) is 5.91 Å². The number of ether oxygens (including phenoxy) is 1. The van der Waals surface area contributed by atoms with Crippen molar-refractivity contribution in [3.63, 3.8) is 0 Å². The Kier molecular flexibility index (Phi) is 6.13. The molecule has 24 heavy (non-hydrogen) atoms. The van der Waals surface area contributed by atoms with Crippen molar-refractivity contribution in [2.24, 2.45) is 11.8 Å². The van der Waals surface area contributed by atoms with Gasteiger partial charge in [-0.1, -0.05) is 25.1 Å². The Morgan fingerprint density at radius 2 is 2.00 bits per heavy atom. The number of hydrogen-bond donors (Lipinski definition) is 1. The quantitative estimate of drug-likeness (QED) is 0.902. The van der Waals surface area contributed by atoms with Crippen LogP contribution in [0.25, 0.3) is 0 Å². The zero-order chi connectivity index (χ0) is 16.8. The number of piperidine rings is 2. The van der Waals surface area contributed by atoms with Gasteiger partial charge in [-0.25, -0.2) is 0 Å². The highest BCUT2D eigenvalue weighted by Crippen LogP contribution is 2.25. The summed E-state index contributed by atoms with van der Waals surface area (Å²) < 4.78 is 6.01. The number of nitrogens with one attached hydrogen (secondary N) is 1. The van der Waals surface area contributed by atoms with Crippen LogP contribution in [0.5, 0.6) is 5.75 Å². The second-order valence-electron chi connectivity index (χ2n) is 7.30. The van der Waals surface area contributed by atoms with Gasteiger partial charge in [0.1, 0.15) is 11.9 Å². The fourth-order valence-electron chi connectivity index (χ4n) is 3.85. The van der Waals surface area contributed by atoms with Crippen molar-refractivity contribution in [1.82, 2.24) is 10.2 Å². The van der Waals surface area contributed by atoms with Crippen molar-refractivity contribution in [2.75, 3.05) is 26.2 Å². The van der Waals surface area contributed by atoms with Crippen LogP contribution in [0.3, 0.4) is 0 Å². The molecule has 4 nitrogen and oxygen atoms in total. The Labute approximate surface area is 145 Å². The zero-order valence-corrected chi connectivity index (χ0v) is 14.7. The second-order valence-corrected chi connectivity index (χ2v) is 7.30. The molecule has 2 saturated heterocycles. The largest absolute Gasteiger partial charge is 0.490 e. The lowest BCUT2D eigenvalue weighted by molar-refractivity contribution is -0.134. The van der Waals surface area contributed by atoms with E-state index in [1.54, 1.807) is 0 Å².